The molecule has 0 amide bonds. The lowest BCUT2D eigenvalue weighted by Crippen LogP contribution is -2.42. The van der Waals surface area contributed by atoms with Gasteiger partial charge in [0, 0.05) is 18.2 Å². The molecular formula is C16H23NO4. The molecule has 0 unspecified atom stereocenters. The standard InChI is InChI=1S/C16H23NO4/c1-16(15(18)19)6-8-17(9-7-16)11-12-4-5-13(20-2)10-14(12)21-3/h4-5,10H,6-9,11H2,1-3H3,(H,18,19). The molecule has 0 radical (unpaired) electrons. The summed E-state index contributed by atoms with van der Waals surface area (Å²) in [5, 5.41) is 9.26. The van der Waals surface area contributed by atoms with Crippen molar-refractivity contribution < 1.29 is 19.4 Å². The van der Waals surface area contributed by atoms with Crippen molar-refractivity contribution in [1.29, 1.82) is 0 Å². The molecule has 5 nitrogen and oxygen atoms in total. The summed E-state index contributed by atoms with van der Waals surface area (Å²) >= 11 is 0. The summed E-state index contributed by atoms with van der Waals surface area (Å²) in [5.74, 6) is 0.887. The van der Waals surface area contributed by atoms with E-state index in [4.69, 9.17) is 9.47 Å². The zero-order chi connectivity index (χ0) is 15.5. The molecule has 0 bridgehead atoms. The van der Waals surface area contributed by atoms with Crippen molar-refractivity contribution in [2.24, 2.45) is 5.41 Å². The first kappa shape index (κ1) is 15.6. The number of carboxylic acid groups (broad SMARTS) is 1. The molecule has 1 aliphatic heterocycles. The number of carbonyl (C=O) groups is 1. The quantitative estimate of drug-likeness (QED) is 0.903. The third kappa shape index (κ3) is 3.47. The number of hydrogen-bond donors (Lipinski definition) is 1. The summed E-state index contributed by atoms with van der Waals surface area (Å²) in [7, 11) is 3.28. The van der Waals surface area contributed by atoms with Crippen LogP contribution >= 0.6 is 0 Å². The van der Waals surface area contributed by atoms with Gasteiger partial charge in [-0.25, -0.2) is 0 Å². The van der Waals surface area contributed by atoms with Crippen LogP contribution in [0.1, 0.15) is 25.3 Å². The second kappa shape index (κ2) is 6.35. The molecule has 0 atom stereocenters. The van der Waals surface area contributed by atoms with Crippen LogP contribution in [-0.2, 0) is 11.3 Å². The van der Waals surface area contributed by atoms with Crippen molar-refractivity contribution in [3.05, 3.63) is 23.8 Å². The maximum absolute atomic E-state index is 11.3. The fraction of sp³-hybridized carbons (Fsp3) is 0.562. The molecule has 5 heteroatoms. The smallest absolute Gasteiger partial charge is 0.309 e. The van der Waals surface area contributed by atoms with Crippen molar-refractivity contribution >= 4 is 5.97 Å². The molecule has 2 rings (SSSR count). The molecule has 1 aliphatic rings. The molecule has 0 aliphatic carbocycles. The zero-order valence-corrected chi connectivity index (χ0v) is 12.9. The van der Waals surface area contributed by atoms with Crippen molar-refractivity contribution in [1.82, 2.24) is 4.90 Å². The van der Waals surface area contributed by atoms with Crippen LogP contribution in [0, 0.1) is 5.41 Å². The maximum Gasteiger partial charge on any atom is 0.309 e. The van der Waals surface area contributed by atoms with Gasteiger partial charge in [0.1, 0.15) is 11.5 Å². The molecular weight excluding hydrogens is 270 g/mol. The van der Waals surface area contributed by atoms with Crippen LogP contribution in [-0.4, -0.2) is 43.3 Å². The minimum atomic E-state index is -0.691. The van der Waals surface area contributed by atoms with Crippen LogP contribution in [0.3, 0.4) is 0 Å². The van der Waals surface area contributed by atoms with Gasteiger partial charge in [-0.15, -0.1) is 0 Å². The van der Waals surface area contributed by atoms with Gasteiger partial charge in [-0.05, 0) is 38.9 Å². The van der Waals surface area contributed by atoms with Gasteiger partial charge in [-0.3, -0.25) is 9.69 Å². The molecule has 0 aromatic heterocycles. The third-order valence-corrected chi connectivity index (χ3v) is 4.36. The Hall–Kier alpha value is -1.75. The molecule has 21 heavy (non-hydrogen) atoms. The Kier molecular flexibility index (Phi) is 4.73. The van der Waals surface area contributed by atoms with E-state index in [9.17, 15) is 9.90 Å². The SMILES string of the molecule is COc1ccc(CN2CCC(C)(C(=O)O)CC2)c(OC)c1. The average Bonchev–Trinajstić information content (AvgIpc) is 2.50. The lowest BCUT2D eigenvalue weighted by Gasteiger charge is -2.36. The van der Waals surface area contributed by atoms with Crippen LogP contribution in [0.25, 0.3) is 0 Å². The molecule has 1 aromatic rings. The molecule has 1 aromatic carbocycles. The number of hydrogen-bond acceptors (Lipinski definition) is 4. The van der Waals surface area contributed by atoms with E-state index in [1.54, 1.807) is 14.2 Å². The highest BCUT2D eigenvalue weighted by molar-refractivity contribution is 5.74. The second-order valence-electron chi connectivity index (χ2n) is 5.82. The lowest BCUT2D eigenvalue weighted by molar-refractivity contribution is -0.150. The van der Waals surface area contributed by atoms with Crippen LogP contribution < -0.4 is 9.47 Å². The third-order valence-electron chi connectivity index (χ3n) is 4.36. The number of methoxy groups -OCH3 is 2. The van der Waals surface area contributed by atoms with Gasteiger partial charge >= 0.3 is 5.97 Å². The lowest BCUT2D eigenvalue weighted by atomic mass is 9.80. The summed E-state index contributed by atoms with van der Waals surface area (Å²) in [6, 6.07) is 5.80. The number of ether oxygens (including phenoxy) is 2. The molecule has 0 spiro atoms. The van der Waals surface area contributed by atoms with Gasteiger partial charge in [0.15, 0.2) is 0 Å². The average molecular weight is 293 g/mol. The monoisotopic (exact) mass is 293 g/mol. The van der Waals surface area contributed by atoms with Gasteiger partial charge in [-0.2, -0.15) is 0 Å². The van der Waals surface area contributed by atoms with E-state index in [0.29, 0.717) is 12.8 Å². The van der Waals surface area contributed by atoms with Crippen LogP contribution in [0.2, 0.25) is 0 Å². The molecule has 1 heterocycles. The highest BCUT2D eigenvalue weighted by Gasteiger charge is 2.36. The zero-order valence-electron chi connectivity index (χ0n) is 12.9. The van der Waals surface area contributed by atoms with Crippen molar-refractivity contribution in [3.63, 3.8) is 0 Å². The van der Waals surface area contributed by atoms with Gasteiger partial charge in [0.05, 0.1) is 19.6 Å². The van der Waals surface area contributed by atoms with Crippen molar-refractivity contribution in [3.8, 4) is 11.5 Å². The molecule has 116 valence electrons. The summed E-state index contributed by atoms with van der Waals surface area (Å²) in [6.07, 6.45) is 1.36. The Bertz CT molecular complexity index is 507. The molecule has 0 saturated carbocycles. The Morgan fingerprint density at radius 3 is 2.48 bits per heavy atom. The first-order chi connectivity index (χ1) is 9.98. The van der Waals surface area contributed by atoms with E-state index in [-0.39, 0.29) is 0 Å². The highest BCUT2D eigenvalue weighted by atomic mass is 16.5. The Morgan fingerprint density at radius 1 is 1.29 bits per heavy atom. The first-order valence-corrected chi connectivity index (χ1v) is 7.15. The number of piperidine rings is 1. The summed E-state index contributed by atoms with van der Waals surface area (Å²) in [6.45, 7) is 4.18. The fourth-order valence-electron chi connectivity index (χ4n) is 2.64. The predicted octanol–water partition coefficient (Wildman–Crippen LogP) is 2.39. The second-order valence-corrected chi connectivity index (χ2v) is 5.82. The predicted molar refractivity (Wildman–Crippen MR) is 79.8 cm³/mol. The van der Waals surface area contributed by atoms with Gasteiger partial charge in [0.25, 0.3) is 0 Å². The number of benzene rings is 1. The van der Waals surface area contributed by atoms with E-state index in [1.165, 1.54) is 0 Å². The van der Waals surface area contributed by atoms with Crippen molar-refractivity contribution in [2.45, 2.75) is 26.3 Å². The van der Waals surface area contributed by atoms with Gasteiger partial charge in [0.2, 0.25) is 0 Å². The minimum absolute atomic E-state index is 0.583. The normalized spacial score (nSPS) is 18.2. The van der Waals surface area contributed by atoms with E-state index in [1.807, 2.05) is 25.1 Å². The highest BCUT2D eigenvalue weighted by Crippen LogP contribution is 2.33. The number of carboxylic acids is 1. The Morgan fingerprint density at radius 2 is 1.95 bits per heavy atom. The molecule has 1 N–H and O–H groups in total. The van der Waals surface area contributed by atoms with E-state index >= 15 is 0 Å². The first-order valence-electron chi connectivity index (χ1n) is 7.15. The number of rotatable bonds is 5. The summed E-state index contributed by atoms with van der Waals surface area (Å²) in [5.41, 5.74) is 0.512. The number of nitrogens with zero attached hydrogens (tertiary/aromatic N) is 1. The van der Waals surface area contributed by atoms with E-state index < -0.39 is 11.4 Å². The van der Waals surface area contributed by atoms with E-state index in [0.717, 1.165) is 36.7 Å². The Balaban J connectivity index is 2.02. The molecule has 1 fully saturated rings. The summed E-state index contributed by atoms with van der Waals surface area (Å²) in [4.78, 5) is 13.5. The number of likely N-dealkylation sites (tertiary alicyclic amines) is 1. The largest absolute Gasteiger partial charge is 0.497 e. The topological polar surface area (TPSA) is 59.0 Å². The summed E-state index contributed by atoms with van der Waals surface area (Å²) < 4.78 is 10.6. The van der Waals surface area contributed by atoms with Crippen LogP contribution in [0.5, 0.6) is 11.5 Å². The van der Waals surface area contributed by atoms with Gasteiger partial charge in [-0.1, -0.05) is 6.07 Å². The van der Waals surface area contributed by atoms with Crippen molar-refractivity contribution in [2.75, 3.05) is 27.3 Å². The fourth-order valence-corrected chi connectivity index (χ4v) is 2.64. The maximum atomic E-state index is 11.3. The Labute approximate surface area is 125 Å². The van der Waals surface area contributed by atoms with Crippen LogP contribution in [0.15, 0.2) is 18.2 Å². The van der Waals surface area contributed by atoms with E-state index in [2.05, 4.69) is 4.90 Å². The number of aliphatic carboxylic acids is 1. The minimum Gasteiger partial charge on any atom is -0.497 e. The van der Waals surface area contributed by atoms with Crippen LogP contribution in [0.4, 0.5) is 0 Å². The van der Waals surface area contributed by atoms with Gasteiger partial charge < -0.3 is 14.6 Å². The molecule has 1 saturated heterocycles.